The number of amides is 2. The first-order valence-corrected chi connectivity index (χ1v) is 22.1. The number of anilines is 1. The fourth-order valence-electron chi connectivity index (χ4n) is 6.28. The monoisotopic (exact) mass is 777 g/mol. The zero-order valence-electron chi connectivity index (χ0n) is 33.7. The summed E-state index contributed by atoms with van der Waals surface area (Å²) in [5.41, 5.74) is 1.84. The van der Waals surface area contributed by atoms with Crippen LogP contribution in [0.4, 0.5) is 5.00 Å². The van der Waals surface area contributed by atoms with E-state index in [4.69, 9.17) is 18.6 Å². The second-order valence-electron chi connectivity index (χ2n) is 17.6. The Morgan fingerprint density at radius 3 is 2.15 bits per heavy atom. The van der Waals surface area contributed by atoms with Gasteiger partial charge in [0.1, 0.15) is 27.7 Å². The van der Waals surface area contributed by atoms with Crippen molar-refractivity contribution in [3.05, 3.63) is 75.2 Å². The van der Waals surface area contributed by atoms with Gasteiger partial charge in [0.25, 0.3) is 14.2 Å². The fourth-order valence-corrected chi connectivity index (χ4v) is 8.54. The van der Waals surface area contributed by atoms with Gasteiger partial charge in [-0.15, -0.1) is 11.3 Å². The van der Waals surface area contributed by atoms with Crippen molar-refractivity contribution >= 4 is 48.4 Å². The van der Waals surface area contributed by atoms with Crippen molar-refractivity contribution in [2.45, 2.75) is 124 Å². The van der Waals surface area contributed by atoms with Gasteiger partial charge in [-0.2, -0.15) is 0 Å². The SMILES string of the molecule is COc1ccc(CN2Cc3sc(NC(=O)C(=O)OC(C)(C)C)c(C(=O)OC(C)(C)C)c3CC2CN2Cc3cccc(O[Si](C)(C)C(C)(C)C)c3C2=O)cc1. The van der Waals surface area contributed by atoms with E-state index in [1.165, 1.54) is 11.3 Å². The van der Waals surface area contributed by atoms with E-state index in [2.05, 4.69) is 44.1 Å². The van der Waals surface area contributed by atoms with E-state index in [0.717, 1.165) is 27.3 Å². The highest BCUT2D eigenvalue weighted by Crippen LogP contribution is 2.43. The van der Waals surface area contributed by atoms with Gasteiger partial charge in [0.2, 0.25) is 0 Å². The summed E-state index contributed by atoms with van der Waals surface area (Å²) < 4.78 is 23.3. The normalized spacial score (nSPS) is 16.4. The predicted octanol–water partition coefficient (Wildman–Crippen LogP) is 7.96. The number of carbonyl (C=O) groups is 4. The molecule has 1 atom stereocenters. The molecule has 2 aliphatic heterocycles. The Morgan fingerprint density at radius 1 is 0.907 bits per heavy atom. The average Bonchev–Trinajstić information content (AvgIpc) is 3.55. The van der Waals surface area contributed by atoms with E-state index in [1.807, 2.05) is 47.4 Å². The molecule has 0 aliphatic carbocycles. The molecule has 1 N–H and O–H groups in total. The number of methoxy groups -OCH3 is 1. The third-order valence-corrected chi connectivity index (χ3v) is 15.4. The summed E-state index contributed by atoms with van der Waals surface area (Å²) in [6.07, 6.45) is 0.395. The summed E-state index contributed by atoms with van der Waals surface area (Å²) in [6, 6.07) is 13.5. The first-order valence-electron chi connectivity index (χ1n) is 18.4. The number of carbonyl (C=O) groups excluding carboxylic acids is 4. The van der Waals surface area contributed by atoms with Crippen LogP contribution in [-0.2, 0) is 45.1 Å². The van der Waals surface area contributed by atoms with Crippen LogP contribution in [0.1, 0.15) is 105 Å². The number of hydrogen-bond acceptors (Lipinski definition) is 10. The Hall–Kier alpha value is -4.20. The molecule has 2 amide bonds. The van der Waals surface area contributed by atoms with Crippen molar-refractivity contribution in [1.29, 1.82) is 0 Å². The van der Waals surface area contributed by atoms with Crippen molar-refractivity contribution in [1.82, 2.24) is 9.80 Å². The molecule has 0 spiro atoms. The van der Waals surface area contributed by atoms with Crippen molar-refractivity contribution < 1.29 is 37.8 Å². The number of ether oxygens (including phenoxy) is 3. The summed E-state index contributed by atoms with van der Waals surface area (Å²) in [6.45, 7) is 23.1. The largest absolute Gasteiger partial charge is 0.543 e. The van der Waals surface area contributed by atoms with Gasteiger partial charge in [-0.1, -0.05) is 45.0 Å². The lowest BCUT2D eigenvalue weighted by molar-refractivity contribution is -0.161. The third kappa shape index (κ3) is 9.35. The molecule has 54 heavy (non-hydrogen) atoms. The number of rotatable bonds is 9. The zero-order chi connectivity index (χ0) is 40.0. The molecule has 0 bridgehead atoms. The van der Waals surface area contributed by atoms with E-state index in [1.54, 1.807) is 48.7 Å². The Morgan fingerprint density at radius 2 is 1.56 bits per heavy atom. The van der Waals surface area contributed by atoms with Crippen molar-refractivity contribution in [3.8, 4) is 11.5 Å². The Bertz CT molecular complexity index is 1920. The maximum absolute atomic E-state index is 14.3. The number of fused-ring (bicyclic) bond motifs is 2. The molecule has 292 valence electrons. The highest BCUT2D eigenvalue weighted by molar-refractivity contribution is 7.17. The molecule has 3 aromatic rings. The topological polar surface area (TPSA) is 124 Å². The van der Waals surface area contributed by atoms with Crippen LogP contribution in [0.2, 0.25) is 18.1 Å². The molecule has 0 fully saturated rings. The highest BCUT2D eigenvalue weighted by Gasteiger charge is 2.43. The molecule has 1 aromatic heterocycles. The van der Waals surface area contributed by atoms with Gasteiger partial charge >= 0.3 is 17.8 Å². The maximum atomic E-state index is 14.3. The van der Waals surface area contributed by atoms with Gasteiger partial charge in [-0.3, -0.25) is 14.5 Å². The maximum Gasteiger partial charge on any atom is 0.397 e. The quantitative estimate of drug-likeness (QED) is 0.131. The van der Waals surface area contributed by atoms with Gasteiger partial charge in [-0.05, 0) is 101 Å². The third-order valence-electron chi connectivity index (χ3n) is 9.93. The molecule has 0 saturated carbocycles. The summed E-state index contributed by atoms with van der Waals surface area (Å²) in [4.78, 5) is 59.1. The van der Waals surface area contributed by atoms with Crippen molar-refractivity contribution in [3.63, 3.8) is 0 Å². The minimum Gasteiger partial charge on any atom is -0.543 e. The van der Waals surface area contributed by atoms with Crippen LogP contribution >= 0.6 is 11.3 Å². The summed E-state index contributed by atoms with van der Waals surface area (Å²) >= 11 is 1.25. The van der Waals surface area contributed by atoms with Crippen molar-refractivity contribution in [2.24, 2.45) is 0 Å². The van der Waals surface area contributed by atoms with Crippen LogP contribution in [-0.4, -0.2) is 72.8 Å². The molecule has 0 radical (unpaired) electrons. The van der Waals surface area contributed by atoms with E-state index in [-0.39, 0.29) is 27.6 Å². The number of nitrogens with one attached hydrogen (secondary N) is 1. The summed E-state index contributed by atoms with van der Waals surface area (Å²) in [7, 11) is -0.608. The lowest BCUT2D eigenvalue weighted by Crippen LogP contribution is -2.47. The van der Waals surface area contributed by atoms with Gasteiger partial charge in [0.15, 0.2) is 0 Å². The molecule has 1 unspecified atom stereocenters. The van der Waals surface area contributed by atoms with Gasteiger partial charge < -0.3 is 28.9 Å². The van der Waals surface area contributed by atoms with Crippen LogP contribution in [0.3, 0.4) is 0 Å². The molecule has 2 aromatic carbocycles. The van der Waals surface area contributed by atoms with Gasteiger partial charge in [-0.25, -0.2) is 9.59 Å². The Balaban J connectivity index is 1.51. The first-order chi connectivity index (χ1) is 25.0. The van der Waals surface area contributed by atoms with Crippen LogP contribution < -0.4 is 14.5 Å². The summed E-state index contributed by atoms with van der Waals surface area (Å²) in [5.74, 6) is -1.33. The smallest absolute Gasteiger partial charge is 0.397 e. The number of hydrogen-bond donors (Lipinski definition) is 1. The van der Waals surface area contributed by atoms with Crippen LogP contribution in [0.25, 0.3) is 0 Å². The number of thiophene rings is 1. The van der Waals surface area contributed by atoms with Crippen LogP contribution in [0, 0.1) is 0 Å². The van der Waals surface area contributed by atoms with Gasteiger partial charge in [0, 0.05) is 37.1 Å². The minimum atomic E-state index is -2.24. The molecule has 13 heteroatoms. The molecular formula is C41H55N3O8SSi. The second-order valence-corrected chi connectivity index (χ2v) is 23.4. The number of nitrogens with zero attached hydrogens (tertiary/aromatic N) is 2. The minimum absolute atomic E-state index is 0.0452. The van der Waals surface area contributed by atoms with E-state index in [9.17, 15) is 19.2 Å². The fraction of sp³-hybridized carbons (Fsp3) is 0.512. The lowest BCUT2D eigenvalue weighted by atomic mass is 9.95. The highest BCUT2D eigenvalue weighted by atomic mass is 32.1. The number of esters is 2. The second kappa shape index (κ2) is 15.1. The predicted molar refractivity (Wildman–Crippen MR) is 213 cm³/mol. The van der Waals surface area contributed by atoms with E-state index < -0.39 is 37.4 Å². The number of benzene rings is 2. The zero-order valence-corrected chi connectivity index (χ0v) is 35.5. The van der Waals surface area contributed by atoms with E-state index in [0.29, 0.717) is 43.9 Å². The molecule has 2 aliphatic rings. The molecule has 11 nitrogen and oxygen atoms in total. The standard InChI is InChI=1S/C41H55N3O8SSi/c1-39(2,3)50-37(47)33-29-20-27(23-44-22-26-14-13-15-30(32(26)36(44)46)52-54(11,12)41(7,8)9)43(21-25-16-18-28(49-10)19-17-25)24-31(29)53-35(33)42-34(45)38(48)51-40(4,5)6/h13-19,27H,20-24H2,1-12H3,(H,42,45). The first kappa shape index (κ1) is 41.0. The molecule has 0 saturated heterocycles. The van der Waals surface area contributed by atoms with Gasteiger partial charge in [0.05, 0.1) is 18.2 Å². The molecule has 5 rings (SSSR count). The van der Waals surface area contributed by atoms with Crippen LogP contribution in [0.15, 0.2) is 42.5 Å². The Kier molecular flexibility index (Phi) is 11.5. The average molecular weight is 778 g/mol. The summed E-state index contributed by atoms with van der Waals surface area (Å²) in [5, 5.41) is 2.86. The Labute approximate surface area is 324 Å². The molecule has 3 heterocycles. The molecular weight excluding hydrogens is 723 g/mol. The van der Waals surface area contributed by atoms with Crippen molar-refractivity contribution in [2.75, 3.05) is 19.0 Å². The van der Waals surface area contributed by atoms with E-state index >= 15 is 0 Å². The lowest BCUT2D eigenvalue weighted by Gasteiger charge is -2.38. The van der Waals surface area contributed by atoms with Crippen LogP contribution in [0.5, 0.6) is 11.5 Å².